The Balaban J connectivity index is 1.67. The number of nitrogens with zero attached hydrogens (tertiary/aromatic N) is 2. The van der Waals surface area contributed by atoms with Crippen molar-refractivity contribution in [1.82, 2.24) is 5.32 Å². The van der Waals surface area contributed by atoms with E-state index in [1.54, 1.807) is 30.0 Å². The zero-order valence-electron chi connectivity index (χ0n) is 18.0. The van der Waals surface area contributed by atoms with Crippen LogP contribution in [0.25, 0.3) is 0 Å². The maximum absolute atomic E-state index is 13.2. The molecular formula is C23H22ClN3O5S2. The second-order valence-corrected chi connectivity index (χ2v) is 10.5. The Morgan fingerprint density at radius 3 is 2.29 bits per heavy atom. The summed E-state index contributed by atoms with van der Waals surface area (Å²) in [7, 11) is -4.08. The smallest absolute Gasteiger partial charge is 0.269 e. The Labute approximate surface area is 207 Å². The molecule has 0 aliphatic heterocycles. The predicted molar refractivity (Wildman–Crippen MR) is 135 cm³/mol. The summed E-state index contributed by atoms with van der Waals surface area (Å²) in [5.41, 5.74) is 0.970. The third kappa shape index (κ3) is 6.72. The highest BCUT2D eigenvalue weighted by molar-refractivity contribution is 7.98. The Morgan fingerprint density at radius 1 is 1.00 bits per heavy atom. The van der Waals surface area contributed by atoms with Crippen LogP contribution >= 0.6 is 23.4 Å². The van der Waals surface area contributed by atoms with Crippen LogP contribution in [0.15, 0.2) is 83.8 Å². The van der Waals surface area contributed by atoms with Crippen molar-refractivity contribution in [2.75, 3.05) is 23.1 Å². The SMILES string of the molecule is O=C(CN(c1ccc([N+](=O)[O-])cc1)S(=O)(=O)c1ccccc1)NCCSCc1ccccc1Cl. The molecular weight excluding hydrogens is 498 g/mol. The van der Waals surface area contributed by atoms with Crippen LogP contribution in [0.5, 0.6) is 0 Å². The van der Waals surface area contributed by atoms with Gasteiger partial charge in [0, 0.05) is 35.2 Å². The van der Waals surface area contributed by atoms with Gasteiger partial charge in [0.15, 0.2) is 0 Å². The Bertz CT molecular complexity index is 1240. The van der Waals surface area contributed by atoms with Crippen molar-refractivity contribution >= 4 is 50.7 Å². The van der Waals surface area contributed by atoms with Gasteiger partial charge in [0.25, 0.3) is 15.7 Å². The summed E-state index contributed by atoms with van der Waals surface area (Å²) in [6, 6.07) is 20.2. The monoisotopic (exact) mass is 519 g/mol. The average molecular weight is 520 g/mol. The van der Waals surface area contributed by atoms with E-state index in [1.807, 2.05) is 24.3 Å². The molecule has 1 amide bonds. The number of sulfonamides is 1. The number of anilines is 1. The molecule has 0 heterocycles. The quantitative estimate of drug-likeness (QED) is 0.227. The van der Waals surface area contributed by atoms with Crippen LogP contribution in [-0.4, -0.2) is 38.1 Å². The van der Waals surface area contributed by atoms with E-state index < -0.39 is 27.4 Å². The van der Waals surface area contributed by atoms with Gasteiger partial charge < -0.3 is 5.32 Å². The van der Waals surface area contributed by atoms with E-state index in [9.17, 15) is 23.3 Å². The van der Waals surface area contributed by atoms with Crippen molar-refractivity contribution in [3.05, 3.63) is 99.6 Å². The number of benzene rings is 3. The van der Waals surface area contributed by atoms with E-state index >= 15 is 0 Å². The number of carbonyl (C=O) groups is 1. The molecule has 0 saturated heterocycles. The molecule has 0 aliphatic rings. The number of non-ortho nitro benzene ring substituents is 1. The maximum atomic E-state index is 13.2. The lowest BCUT2D eigenvalue weighted by atomic mass is 10.2. The van der Waals surface area contributed by atoms with E-state index in [-0.39, 0.29) is 16.3 Å². The highest BCUT2D eigenvalue weighted by Gasteiger charge is 2.27. The van der Waals surface area contributed by atoms with Crippen LogP contribution in [0.4, 0.5) is 11.4 Å². The zero-order valence-corrected chi connectivity index (χ0v) is 20.4. The van der Waals surface area contributed by atoms with Crippen molar-refractivity contribution in [2.45, 2.75) is 10.6 Å². The molecule has 3 rings (SSSR count). The van der Waals surface area contributed by atoms with Gasteiger partial charge in [0.05, 0.1) is 15.5 Å². The molecule has 0 spiro atoms. The summed E-state index contributed by atoms with van der Waals surface area (Å²) in [6.07, 6.45) is 0. The van der Waals surface area contributed by atoms with Gasteiger partial charge in [-0.3, -0.25) is 19.2 Å². The van der Waals surface area contributed by atoms with Crippen LogP contribution in [-0.2, 0) is 20.6 Å². The highest BCUT2D eigenvalue weighted by Crippen LogP contribution is 2.26. The van der Waals surface area contributed by atoms with Crippen LogP contribution in [0.3, 0.4) is 0 Å². The Morgan fingerprint density at radius 2 is 1.65 bits per heavy atom. The van der Waals surface area contributed by atoms with Crippen LogP contribution in [0.1, 0.15) is 5.56 Å². The lowest BCUT2D eigenvalue weighted by molar-refractivity contribution is -0.384. The Hall–Kier alpha value is -3.08. The number of nitro benzene ring substituents is 1. The fraction of sp³-hybridized carbons (Fsp3) is 0.174. The largest absolute Gasteiger partial charge is 0.354 e. The van der Waals surface area contributed by atoms with Crippen LogP contribution in [0, 0.1) is 10.1 Å². The number of carbonyl (C=O) groups excluding carboxylic acids is 1. The van der Waals surface area contributed by atoms with Gasteiger partial charge in [-0.05, 0) is 35.9 Å². The van der Waals surface area contributed by atoms with Crippen molar-refractivity contribution in [1.29, 1.82) is 0 Å². The fourth-order valence-electron chi connectivity index (χ4n) is 3.02. The lowest BCUT2D eigenvalue weighted by Crippen LogP contribution is -2.41. The molecule has 0 saturated carbocycles. The molecule has 178 valence electrons. The van der Waals surface area contributed by atoms with Gasteiger partial charge in [-0.1, -0.05) is 48.0 Å². The lowest BCUT2D eigenvalue weighted by Gasteiger charge is -2.24. The molecule has 8 nitrogen and oxygen atoms in total. The van der Waals surface area contributed by atoms with Gasteiger partial charge in [-0.15, -0.1) is 0 Å². The first kappa shape index (κ1) is 25.5. The first-order valence-electron chi connectivity index (χ1n) is 10.2. The summed E-state index contributed by atoms with van der Waals surface area (Å²) < 4.78 is 27.4. The number of amides is 1. The van der Waals surface area contributed by atoms with Gasteiger partial charge in [0.2, 0.25) is 5.91 Å². The second kappa shape index (κ2) is 11.9. The van der Waals surface area contributed by atoms with Crippen molar-refractivity contribution in [3.8, 4) is 0 Å². The molecule has 0 atom stereocenters. The average Bonchev–Trinajstić information content (AvgIpc) is 2.84. The number of halogens is 1. The minimum absolute atomic E-state index is 0.0106. The van der Waals surface area contributed by atoms with Gasteiger partial charge in [0.1, 0.15) is 6.54 Å². The first-order chi connectivity index (χ1) is 16.3. The summed E-state index contributed by atoms with van der Waals surface area (Å²) >= 11 is 7.73. The third-order valence-corrected chi connectivity index (χ3v) is 7.92. The van der Waals surface area contributed by atoms with E-state index in [0.29, 0.717) is 23.1 Å². The van der Waals surface area contributed by atoms with Crippen molar-refractivity contribution < 1.29 is 18.1 Å². The number of nitro groups is 1. The van der Waals surface area contributed by atoms with Gasteiger partial charge in [-0.2, -0.15) is 11.8 Å². The molecule has 0 bridgehead atoms. The topological polar surface area (TPSA) is 110 Å². The van der Waals surface area contributed by atoms with Crippen molar-refractivity contribution in [3.63, 3.8) is 0 Å². The van der Waals surface area contributed by atoms with Crippen molar-refractivity contribution in [2.24, 2.45) is 0 Å². The molecule has 0 aromatic heterocycles. The number of hydrogen-bond acceptors (Lipinski definition) is 6. The third-order valence-electron chi connectivity index (χ3n) is 4.75. The van der Waals surface area contributed by atoms with Crippen LogP contribution < -0.4 is 9.62 Å². The summed E-state index contributed by atoms with van der Waals surface area (Å²) in [5.74, 6) is 0.809. The molecule has 0 aliphatic carbocycles. The zero-order chi connectivity index (χ0) is 24.6. The number of hydrogen-bond donors (Lipinski definition) is 1. The summed E-state index contributed by atoms with van der Waals surface area (Å²) in [6.45, 7) is -0.127. The van der Waals surface area contributed by atoms with E-state index in [1.165, 1.54) is 36.4 Å². The minimum atomic E-state index is -4.08. The molecule has 0 radical (unpaired) electrons. The Kier molecular flexibility index (Phi) is 8.91. The number of nitrogens with one attached hydrogen (secondary N) is 1. The van der Waals surface area contributed by atoms with Gasteiger partial charge in [-0.25, -0.2) is 8.42 Å². The fourth-order valence-corrected chi connectivity index (χ4v) is 5.61. The molecule has 0 fully saturated rings. The second-order valence-electron chi connectivity index (χ2n) is 7.09. The maximum Gasteiger partial charge on any atom is 0.269 e. The summed E-state index contributed by atoms with van der Waals surface area (Å²) in [5, 5.41) is 14.4. The molecule has 11 heteroatoms. The first-order valence-corrected chi connectivity index (χ1v) is 13.2. The van der Waals surface area contributed by atoms with E-state index in [2.05, 4.69) is 5.32 Å². The van der Waals surface area contributed by atoms with E-state index in [0.717, 1.165) is 9.87 Å². The normalized spacial score (nSPS) is 11.1. The molecule has 3 aromatic carbocycles. The van der Waals surface area contributed by atoms with Gasteiger partial charge >= 0.3 is 0 Å². The molecule has 1 N–H and O–H groups in total. The minimum Gasteiger partial charge on any atom is -0.354 e. The number of thioether (sulfide) groups is 1. The predicted octanol–water partition coefficient (Wildman–Crippen LogP) is 4.49. The summed E-state index contributed by atoms with van der Waals surface area (Å²) in [4.78, 5) is 23.0. The standard InChI is InChI=1S/C23H22ClN3O5S2/c24-22-9-5-4-6-18(22)17-33-15-14-25-23(28)16-26(19-10-12-20(13-11-19)27(29)30)34(31,32)21-7-2-1-3-8-21/h1-13H,14-17H2,(H,25,28). The molecule has 3 aromatic rings. The van der Waals surface area contributed by atoms with Crippen LogP contribution in [0.2, 0.25) is 5.02 Å². The number of rotatable bonds is 11. The molecule has 0 unspecified atom stereocenters. The molecule has 34 heavy (non-hydrogen) atoms. The highest BCUT2D eigenvalue weighted by atomic mass is 35.5. The van der Waals surface area contributed by atoms with E-state index in [4.69, 9.17) is 11.6 Å².